The quantitative estimate of drug-likeness (QED) is 0.666. The van der Waals surface area contributed by atoms with Crippen LogP contribution in [0.4, 0.5) is 0 Å². The fraction of sp³-hybridized carbons (Fsp3) is 0.778. The van der Waals surface area contributed by atoms with Crippen molar-refractivity contribution < 1.29 is 19.8 Å². The number of aliphatic carboxylic acids is 2. The Morgan fingerprint density at radius 3 is 1.46 bits per heavy atom. The van der Waals surface area contributed by atoms with Crippen LogP contribution in [0, 0.1) is 23.7 Å². The van der Waals surface area contributed by atoms with E-state index in [2.05, 4.69) is 0 Å². The van der Waals surface area contributed by atoms with Gasteiger partial charge in [0, 0.05) is 0 Å². The molecule has 4 nitrogen and oxygen atoms in total. The average molecular weight is 184 g/mol. The van der Waals surface area contributed by atoms with Crippen molar-refractivity contribution in [1.82, 2.24) is 0 Å². The molecule has 2 N–H and O–H groups in total. The van der Waals surface area contributed by atoms with Gasteiger partial charge in [0.1, 0.15) is 0 Å². The average Bonchev–Trinajstić information content (AvgIpc) is 2.60. The van der Waals surface area contributed by atoms with Crippen molar-refractivity contribution in [2.75, 3.05) is 0 Å². The molecule has 2 fully saturated rings. The minimum atomic E-state index is -0.753. The van der Waals surface area contributed by atoms with Gasteiger partial charge in [-0.15, -0.1) is 0 Å². The third-order valence-electron chi connectivity index (χ3n) is 3.49. The first-order valence-corrected chi connectivity index (χ1v) is 4.55. The summed E-state index contributed by atoms with van der Waals surface area (Å²) in [4.78, 5) is 21.4. The smallest absolute Gasteiger partial charge is 0.306 e. The zero-order valence-corrected chi connectivity index (χ0v) is 7.14. The summed E-state index contributed by atoms with van der Waals surface area (Å²) in [5, 5.41) is 17.6. The SMILES string of the molecule is O=C(O)[C@H]1C[C@H]2C[C@@H]1C[C@@H]2C(=O)O. The maximum Gasteiger partial charge on any atom is 0.306 e. The molecule has 13 heavy (non-hydrogen) atoms. The Bertz CT molecular complexity index is 234. The van der Waals surface area contributed by atoms with Crippen molar-refractivity contribution in [2.24, 2.45) is 23.7 Å². The lowest BCUT2D eigenvalue weighted by Gasteiger charge is -2.22. The first-order chi connectivity index (χ1) is 6.09. The van der Waals surface area contributed by atoms with Crippen LogP contribution in [0.25, 0.3) is 0 Å². The number of fused-ring (bicyclic) bond motifs is 2. The minimum Gasteiger partial charge on any atom is -0.481 e. The van der Waals surface area contributed by atoms with Crippen molar-refractivity contribution in [3.05, 3.63) is 0 Å². The fourth-order valence-electron chi connectivity index (χ4n) is 2.88. The van der Waals surface area contributed by atoms with E-state index in [9.17, 15) is 9.59 Å². The maximum absolute atomic E-state index is 10.7. The molecule has 4 atom stereocenters. The summed E-state index contributed by atoms with van der Waals surface area (Å²) >= 11 is 0. The molecule has 0 radical (unpaired) electrons. The Hall–Kier alpha value is -1.06. The van der Waals surface area contributed by atoms with E-state index in [0.717, 1.165) is 6.42 Å². The van der Waals surface area contributed by atoms with Gasteiger partial charge in [-0.25, -0.2) is 0 Å². The molecule has 2 aliphatic rings. The second-order valence-electron chi connectivity index (χ2n) is 4.12. The van der Waals surface area contributed by atoms with Crippen LogP contribution in [-0.2, 0) is 9.59 Å². The predicted molar refractivity (Wildman–Crippen MR) is 43.1 cm³/mol. The molecule has 2 aliphatic carbocycles. The Balaban J connectivity index is 2.07. The molecule has 2 bridgehead atoms. The van der Waals surface area contributed by atoms with E-state index in [1.807, 2.05) is 0 Å². The van der Waals surface area contributed by atoms with E-state index in [-0.39, 0.29) is 23.7 Å². The van der Waals surface area contributed by atoms with Gasteiger partial charge in [-0.3, -0.25) is 9.59 Å². The standard InChI is InChI=1S/C9H12O4/c10-8(11)6-2-4-1-5(6)3-7(4)9(12)13/h4-7H,1-3H2,(H,10,11)(H,12,13)/t4-,5-,6+,7+/m1/s1. The molecule has 72 valence electrons. The van der Waals surface area contributed by atoms with E-state index < -0.39 is 11.9 Å². The minimum absolute atomic E-state index is 0.114. The summed E-state index contributed by atoms with van der Waals surface area (Å²) in [5.74, 6) is -1.83. The second kappa shape index (κ2) is 2.72. The Kier molecular flexibility index (Phi) is 1.78. The Morgan fingerprint density at radius 2 is 1.23 bits per heavy atom. The van der Waals surface area contributed by atoms with Crippen LogP contribution < -0.4 is 0 Å². The molecule has 0 heterocycles. The van der Waals surface area contributed by atoms with Gasteiger partial charge >= 0.3 is 11.9 Å². The van der Waals surface area contributed by atoms with Gasteiger partial charge in [0.2, 0.25) is 0 Å². The normalized spacial score (nSPS) is 42.2. The number of hydrogen-bond donors (Lipinski definition) is 2. The number of carboxylic acids is 2. The fourth-order valence-corrected chi connectivity index (χ4v) is 2.88. The largest absolute Gasteiger partial charge is 0.481 e. The molecule has 2 saturated carbocycles. The Morgan fingerprint density at radius 1 is 0.846 bits per heavy atom. The van der Waals surface area contributed by atoms with E-state index in [1.54, 1.807) is 0 Å². The van der Waals surface area contributed by atoms with Gasteiger partial charge in [0.25, 0.3) is 0 Å². The number of hydrogen-bond acceptors (Lipinski definition) is 2. The van der Waals surface area contributed by atoms with Gasteiger partial charge in [-0.1, -0.05) is 0 Å². The number of carbonyl (C=O) groups is 2. The molecule has 0 aromatic heterocycles. The highest BCUT2D eigenvalue weighted by Gasteiger charge is 2.50. The van der Waals surface area contributed by atoms with Gasteiger partial charge in [0.15, 0.2) is 0 Å². The lowest BCUT2D eigenvalue weighted by atomic mass is 9.82. The van der Waals surface area contributed by atoms with Gasteiger partial charge < -0.3 is 10.2 Å². The molecule has 0 spiro atoms. The van der Waals surface area contributed by atoms with E-state index in [1.165, 1.54) is 0 Å². The molecular formula is C9H12O4. The molecule has 0 amide bonds. The molecular weight excluding hydrogens is 172 g/mol. The third kappa shape index (κ3) is 1.20. The van der Waals surface area contributed by atoms with Crippen molar-refractivity contribution >= 4 is 11.9 Å². The summed E-state index contributed by atoms with van der Waals surface area (Å²) in [6.07, 6.45) is 1.93. The van der Waals surface area contributed by atoms with E-state index >= 15 is 0 Å². The number of rotatable bonds is 2. The lowest BCUT2D eigenvalue weighted by molar-refractivity contribution is -0.148. The van der Waals surface area contributed by atoms with Gasteiger partial charge in [0.05, 0.1) is 11.8 Å². The monoisotopic (exact) mass is 184 g/mol. The van der Waals surface area contributed by atoms with Crippen LogP contribution in [0.3, 0.4) is 0 Å². The van der Waals surface area contributed by atoms with E-state index in [0.29, 0.717) is 12.8 Å². The summed E-state index contributed by atoms with van der Waals surface area (Å²) in [6, 6.07) is 0. The molecule has 0 unspecified atom stereocenters. The van der Waals surface area contributed by atoms with Crippen LogP contribution in [-0.4, -0.2) is 22.2 Å². The molecule has 0 aromatic rings. The van der Waals surface area contributed by atoms with Crippen LogP contribution >= 0.6 is 0 Å². The van der Waals surface area contributed by atoms with Crippen LogP contribution in [0.1, 0.15) is 19.3 Å². The highest BCUT2D eigenvalue weighted by molar-refractivity contribution is 5.74. The molecule has 4 heteroatoms. The van der Waals surface area contributed by atoms with Gasteiger partial charge in [-0.2, -0.15) is 0 Å². The van der Waals surface area contributed by atoms with Gasteiger partial charge in [-0.05, 0) is 31.1 Å². The van der Waals surface area contributed by atoms with Crippen molar-refractivity contribution in [3.63, 3.8) is 0 Å². The molecule has 0 saturated heterocycles. The van der Waals surface area contributed by atoms with Crippen LogP contribution in [0.15, 0.2) is 0 Å². The second-order valence-corrected chi connectivity index (χ2v) is 4.12. The summed E-state index contributed by atoms with van der Waals surface area (Å²) in [5.41, 5.74) is 0. The van der Waals surface area contributed by atoms with E-state index in [4.69, 9.17) is 10.2 Å². The van der Waals surface area contributed by atoms with Crippen LogP contribution in [0.5, 0.6) is 0 Å². The predicted octanol–water partition coefficient (Wildman–Crippen LogP) is 0.818. The number of carboxylic acid groups (broad SMARTS) is 2. The molecule has 2 rings (SSSR count). The first-order valence-electron chi connectivity index (χ1n) is 4.55. The van der Waals surface area contributed by atoms with Crippen LogP contribution in [0.2, 0.25) is 0 Å². The maximum atomic E-state index is 10.7. The zero-order valence-electron chi connectivity index (χ0n) is 7.14. The van der Waals surface area contributed by atoms with Crippen molar-refractivity contribution in [2.45, 2.75) is 19.3 Å². The summed E-state index contributed by atoms with van der Waals surface area (Å²) < 4.78 is 0. The first kappa shape index (κ1) is 8.53. The third-order valence-corrected chi connectivity index (χ3v) is 3.49. The molecule has 0 aliphatic heterocycles. The summed E-state index contributed by atoms with van der Waals surface area (Å²) in [7, 11) is 0. The topological polar surface area (TPSA) is 74.6 Å². The lowest BCUT2D eigenvalue weighted by Crippen LogP contribution is -2.28. The van der Waals surface area contributed by atoms with Crippen molar-refractivity contribution in [1.29, 1.82) is 0 Å². The summed E-state index contributed by atoms with van der Waals surface area (Å²) in [6.45, 7) is 0. The zero-order chi connectivity index (χ0) is 9.59. The Labute approximate surface area is 75.6 Å². The molecule has 0 aromatic carbocycles. The highest BCUT2D eigenvalue weighted by atomic mass is 16.4. The van der Waals surface area contributed by atoms with Crippen molar-refractivity contribution in [3.8, 4) is 0 Å². The highest BCUT2D eigenvalue weighted by Crippen LogP contribution is 2.51.